The van der Waals surface area contributed by atoms with Crippen LogP contribution in [0.3, 0.4) is 0 Å². The average molecular weight is 295 g/mol. The molecule has 0 saturated carbocycles. The first-order valence-corrected chi connectivity index (χ1v) is 7.42. The van der Waals surface area contributed by atoms with Crippen LogP contribution in [0.15, 0.2) is 18.2 Å². The Morgan fingerprint density at radius 1 is 1.14 bits per heavy atom. The normalized spacial score (nSPS) is 11.6. The summed E-state index contributed by atoms with van der Waals surface area (Å²) in [5.41, 5.74) is 0.818. The maximum atomic E-state index is 11.6. The number of nitrogens with one attached hydrogen (secondary N) is 1. The van der Waals surface area contributed by atoms with Crippen molar-refractivity contribution in [3.63, 3.8) is 0 Å². The van der Waals surface area contributed by atoms with Gasteiger partial charge < -0.3 is 19.5 Å². The molecule has 5 nitrogen and oxygen atoms in total. The van der Waals surface area contributed by atoms with Gasteiger partial charge in [-0.3, -0.25) is 4.79 Å². The fraction of sp³-hybridized carbons (Fsp3) is 0.562. The van der Waals surface area contributed by atoms with Crippen LogP contribution in [-0.2, 0) is 9.53 Å². The van der Waals surface area contributed by atoms with E-state index in [-0.39, 0.29) is 11.9 Å². The molecule has 5 heteroatoms. The van der Waals surface area contributed by atoms with E-state index in [1.54, 1.807) is 6.92 Å². The molecule has 1 unspecified atom stereocenters. The molecular formula is C16H25NO4. The lowest BCUT2D eigenvalue weighted by Crippen LogP contribution is -2.22. The van der Waals surface area contributed by atoms with Crippen LogP contribution in [0.2, 0.25) is 0 Å². The molecule has 1 aromatic carbocycles. The van der Waals surface area contributed by atoms with Crippen LogP contribution < -0.4 is 14.8 Å². The third-order valence-corrected chi connectivity index (χ3v) is 2.85. The van der Waals surface area contributed by atoms with Crippen molar-refractivity contribution in [2.75, 3.05) is 31.7 Å². The number of carbonyl (C=O) groups is 1. The van der Waals surface area contributed by atoms with Gasteiger partial charge >= 0.3 is 5.97 Å². The molecule has 118 valence electrons. The van der Waals surface area contributed by atoms with E-state index in [4.69, 9.17) is 14.2 Å². The van der Waals surface area contributed by atoms with E-state index < -0.39 is 0 Å². The predicted octanol–water partition coefficient (Wildman–Crippen LogP) is 3.10. The summed E-state index contributed by atoms with van der Waals surface area (Å²) in [5.74, 6) is 1.09. The zero-order valence-corrected chi connectivity index (χ0v) is 13.3. The highest BCUT2D eigenvalue weighted by Gasteiger charge is 2.15. The van der Waals surface area contributed by atoms with E-state index in [0.29, 0.717) is 26.4 Å². The summed E-state index contributed by atoms with van der Waals surface area (Å²) in [5, 5.41) is 3.23. The predicted molar refractivity (Wildman–Crippen MR) is 83.1 cm³/mol. The van der Waals surface area contributed by atoms with Crippen molar-refractivity contribution in [1.82, 2.24) is 0 Å². The molecule has 0 radical (unpaired) electrons. The molecule has 0 aliphatic heterocycles. The minimum Gasteiger partial charge on any atom is -0.494 e. The second kappa shape index (κ2) is 9.10. The number of ether oxygens (including phenoxy) is 3. The van der Waals surface area contributed by atoms with Crippen LogP contribution in [0.5, 0.6) is 11.5 Å². The van der Waals surface area contributed by atoms with Crippen molar-refractivity contribution < 1.29 is 19.0 Å². The molecule has 21 heavy (non-hydrogen) atoms. The first kappa shape index (κ1) is 17.1. The Morgan fingerprint density at radius 2 is 1.86 bits per heavy atom. The lowest BCUT2D eigenvalue weighted by atomic mass is 10.1. The second-order valence-electron chi connectivity index (χ2n) is 4.56. The Labute approximate surface area is 126 Å². The Balaban J connectivity index is 2.74. The van der Waals surface area contributed by atoms with E-state index in [9.17, 15) is 4.79 Å². The van der Waals surface area contributed by atoms with Gasteiger partial charge in [-0.05, 0) is 32.9 Å². The largest absolute Gasteiger partial charge is 0.494 e. The van der Waals surface area contributed by atoms with E-state index in [0.717, 1.165) is 17.2 Å². The third kappa shape index (κ3) is 5.53. The van der Waals surface area contributed by atoms with E-state index in [2.05, 4.69) is 5.32 Å². The van der Waals surface area contributed by atoms with Gasteiger partial charge in [-0.15, -0.1) is 0 Å². The summed E-state index contributed by atoms with van der Waals surface area (Å²) in [6.07, 6.45) is 0. The highest BCUT2D eigenvalue weighted by Crippen LogP contribution is 2.29. The maximum absolute atomic E-state index is 11.6. The highest BCUT2D eigenvalue weighted by molar-refractivity contribution is 5.73. The standard InChI is InChI=1S/C16H25NO4/c1-5-19-13-8-9-15(20-6-2)14(10-13)17-11-12(4)16(18)21-7-3/h8-10,12,17H,5-7,11H2,1-4H3. The molecule has 1 atom stereocenters. The fourth-order valence-corrected chi connectivity index (χ4v) is 1.82. The minimum absolute atomic E-state index is 0.205. The Hall–Kier alpha value is -1.91. The van der Waals surface area contributed by atoms with Crippen molar-refractivity contribution >= 4 is 11.7 Å². The monoisotopic (exact) mass is 295 g/mol. The van der Waals surface area contributed by atoms with Crippen LogP contribution in [0.1, 0.15) is 27.7 Å². The van der Waals surface area contributed by atoms with Gasteiger partial charge in [-0.25, -0.2) is 0 Å². The van der Waals surface area contributed by atoms with Gasteiger partial charge in [0.25, 0.3) is 0 Å². The summed E-state index contributed by atoms with van der Waals surface area (Å²) in [6.45, 7) is 9.56. The quantitative estimate of drug-likeness (QED) is 0.709. The SMILES string of the molecule is CCOC(=O)C(C)CNc1cc(OCC)ccc1OCC. The van der Waals surface area contributed by atoms with Crippen molar-refractivity contribution in [3.8, 4) is 11.5 Å². The minimum atomic E-state index is -0.227. The lowest BCUT2D eigenvalue weighted by Gasteiger charge is -2.16. The molecule has 0 aromatic heterocycles. The molecule has 0 bridgehead atoms. The van der Waals surface area contributed by atoms with Crippen LogP contribution in [-0.4, -0.2) is 32.3 Å². The van der Waals surface area contributed by atoms with Gasteiger partial charge in [0.1, 0.15) is 11.5 Å². The molecule has 0 amide bonds. The van der Waals surface area contributed by atoms with Gasteiger partial charge in [0, 0.05) is 12.6 Å². The number of benzene rings is 1. The number of carbonyl (C=O) groups excluding carboxylic acids is 1. The van der Waals surface area contributed by atoms with Crippen LogP contribution in [0.4, 0.5) is 5.69 Å². The molecule has 0 aliphatic rings. The zero-order chi connectivity index (χ0) is 15.7. The highest BCUT2D eigenvalue weighted by atomic mass is 16.5. The number of hydrogen-bond acceptors (Lipinski definition) is 5. The molecule has 1 rings (SSSR count). The van der Waals surface area contributed by atoms with Crippen molar-refractivity contribution in [1.29, 1.82) is 0 Å². The number of rotatable bonds is 9. The number of esters is 1. The summed E-state index contributed by atoms with van der Waals surface area (Å²) in [7, 11) is 0. The van der Waals surface area contributed by atoms with E-state index in [1.807, 2.05) is 39.0 Å². The van der Waals surface area contributed by atoms with Crippen molar-refractivity contribution in [2.45, 2.75) is 27.7 Å². The number of anilines is 1. The molecule has 0 spiro atoms. The summed E-state index contributed by atoms with van der Waals surface area (Å²) >= 11 is 0. The summed E-state index contributed by atoms with van der Waals surface area (Å²) < 4.78 is 16.1. The fourth-order valence-electron chi connectivity index (χ4n) is 1.82. The first-order valence-electron chi connectivity index (χ1n) is 7.42. The molecule has 1 aromatic rings. The van der Waals surface area contributed by atoms with Crippen molar-refractivity contribution in [3.05, 3.63) is 18.2 Å². The van der Waals surface area contributed by atoms with Crippen LogP contribution in [0, 0.1) is 5.92 Å². The molecule has 0 saturated heterocycles. The van der Waals surface area contributed by atoms with Crippen molar-refractivity contribution in [2.24, 2.45) is 5.92 Å². The summed E-state index contributed by atoms with van der Waals surface area (Å²) in [4.78, 5) is 11.6. The van der Waals surface area contributed by atoms with Crippen LogP contribution >= 0.6 is 0 Å². The summed E-state index contributed by atoms with van der Waals surface area (Å²) in [6, 6.07) is 5.62. The Bertz CT molecular complexity index is 448. The number of hydrogen-bond donors (Lipinski definition) is 1. The lowest BCUT2D eigenvalue weighted by molar-refractivity contribution is -0.146. The molecule has 0 fully saturated rings. The Morgan fingerprint density at radius 3 is 2.48 bits per heavy atom. The molecular weight excluding hydrogens is 270 g/mol. The van der Waals surface area contributed by atoms with Gasteiger partial charge in [-0.1, -0.05) is 6.92 Å². The van der Waals surface area contributed by atoms with Gasteiger partial charge in [-0.2, -0.15) is 0 Å². The van der Waals surface area contributed by atoms with Gasteiger partial charge in [0.2, 0.25) is 0 Å². The van der Waals surface area contributed by atoms with Gasteiger partial charge in [0.05, 0.1) is 31.4 Å². The topological polar surface area (TPSA) is 56.8 Å². The van der Waals surface area contributed by atoms with E-state index >= 15 is 0 Å². The maximum Gasteiger partial charge on any atom is 0.310 e. The van der Waals surface area contributed by atoms with Crippen LogP contribution in [0.25, 0.3) is 0 Å². The first-order chi connectivity index (χ1) is 10.1. The van der Waals surface area contributed by atoms with Gasteiger partial charge in [0.15, 0.2) is 0 Å². The third-order valence-electron chi connectivity index (χ3n) is 2.85. The average Bonchev–Trinajstić information content (AvgIpc) is 2.47. The smallest absolute Gasteiger partial charge is 0.310 e. The molecule has 0 aliphatic carbocycles. The Kier molecular flexibility index (Phi) is 7.43. The second-order valence-corrected chi connectivity index (χ2v) is 4.56. The zero-order valence-electron chi connectivity index (χ0n) is 13.3. The molecule has 1 N–H and O–H groups in total. The molecule has 0 heterocycles. The van der Waals surface area contributed by atoms with E-state index in [1.165, 1.54) is 0 Å².